The van der Waals surface area contributed by atoms with Gasteiger partial charge in [-0.1, -0.05) is 0 Å². The minimum Gasteiger partial charge on any atom is -0.394 e. The SMILES string of the molecule is O=C(NOCCO)c1cc(/C=N/CCO)c(F)c(F)c1Nc1ccc(I)cc1F. The fourth-order valence-corrected chi connectivity index (χ4v) is 2.66. The highest BCUT2D eigenvalue weighted by atomic mass is 127. The van der Waals surface area contributed by atoms with Gasteiger partial charge < -0.3 is 15.5 Å². The van der Waals surface area contributed by atoms with E-state index in [1.165, 1.54) is 12.1 Å². The number of rotatable bonds is 9. The van der Waals surface area contributed by atoms with Crippen LogP contribution in [0.25, 0.3) is 0 Å². The van der Waals surface area contributed by atoms with Crippen LogP contribution >= 0.6 is 22.6 Å². The van der Waals surface area contributed by atoms with Gasteiger partial charge in [0.15, 0.2) is 11.6 Å². The van der Waals surface area contributed by atoms with E-state index in [9.17, 15) is 18.0 Å². The van der Waals surface area contributed by atoms with Crippen molar-refractivity contribution < 1.29 is 33.0 Å². The minimum atomic E-state index is -1.43. The number of nitrogens with zero attached hydrogens (tertiary/aromatic N) is 1. The van der Waals surface area contributed by atoms with Crippen LogP contribution in [0.1, 0.15) is 15.9 Å². The first-order chi connectivity index (χ1) is 13.9. The van der Waals surface area contributed by atoms with Crippen LogP contribution in [0.4, 0.5) is 24.5 Å². The summed E-state index contributed by atoms with van der Waals surface area (Å²) >= 11 is 1.89. The lowest BCUT2D eigenvalue weighted by Crippen LogP contribution is -2.26. The average molecular weight is 523 g/mol. The number of carbonyl (C=O) groups is 1. The summed E-state index contributed by atoms with van der Waals surface area (Å²) in [5.74, 6) is -4.42. The Labute approximate surface area is 177 Å². The lowest BCUT2D eigenvalue weighted by molar-refractivity contribution is 0.0168. The van der Waals surface area contributed by atoms with Crippen molar-refractivity contribution in [3.8, 4) is 0 Å². The van der Waals surface area contributed by atoms with Gasteiger partial charge in [-0.15, -0.1) is 0 Å². The molecule has 156 valence electrons. The van der Waals surface area contributed by atoms with Crippen molar-refractivity contribution in [3.05, 3.63) is 56.4 Å². The second-order valence-electron chi connectivity index (χ2n) is 5.53. The van der Waals surface area contributed by atoms with E-state index in [-0.39, 0.29) is 43.2 Å². The molecule has 2 aromatic rings. The van der Waals surface area contributed by atoms with Crippen LogP contribution in [0.3, 0.4) is 0 Å². The number of amides is 1. The molecule has 0 spiro atoms. The molecule has 0 heterocycles. The Hall–Kier alpha value is -2.22. The van der Waals surface area contributed by atoms with E-state index in [0.717, 1.165) is 12.3 Å². The predicted molar refractivity (Wildman–Crippen MR) is 109 cm³/mol. The van der Waals surface area contributed by atoms with Gasteiger partial charge in [0, 0.05) is 15.3 Å². The highest BCUT2D eigenvalue weighted by Crippen LogP contribution is 2.30. The minimum absolute atomic E-state index is 0.0456. The fourth-order valence-electron chi connectivity index (χ4n) is 2.20. The quantitative estimate of drug-likeness (QED) is 0.175. The summed E-state index contributed by atoms with van der Waals surface area (Å²) in [6, 6.07) is 5.04. The van der Waals surface area contributed by atoms with Gasteiger partial charge in [0.1, 0.15) is 5.82 Å². The molecule has 0 aliphatic rings. The zero-order valence-electron chi connectivity index (χ0n) is 14.9. The second-order valence-corrected chi connectivity index (χ2v) is 6.77. The van der Waals surface area contributed by atoms with Gasteiger partial charge in [-0.25, -0.2) is 18.7 Å². The molecule has 2 rings (SSSR count). The van der Waals surface area contributed by atoms with Crippen LogP contribution in [0.15, 0.2) is 29.3 Å². The van der Waals surface area contributed by atoms with Crippen molar-refractivity contribution >= 4 is 46.1 Å². The van der Waals surface area contributed by atoms with Crippen LogP contribution < -0.4 is 10.8 Å². The number of nitrogens with one attached hydrogen (secondary N) is 2. The number of aliphatic hydroxyl groups is 2. The molecule has 0 radical (unpaired) electrons. The maximum absolute atomic E-state index is 14.7. The lowest BCUT2D eigenvalue weighted by atomic mass is 10.1. The van der Waals surface area contributed by atoms with Crippen molar-refractivity contribution in [1.29, 1.82) is 0 Å². The van der Waals surface area contributed by atoms with E-state index in [1.54, 1.807) is 6.07 Å². The summed E-state index contributed by atoms with van der Waals surface area (Å²) in [5, 5.41) is 19.9. The molecule has 0 aliphatic carbocycles. The Balaban J connectivity index is 2.50. The Kier molecular flexibility index (Phi) is 8.82. The Morgan fingerprint density at radius 3 is 2.59 bits per heavy atom. The smallest absolute Gasteiger partial charge is 0.277 e. The number of carbonyl (C=O) groups excluding carboxylic acids is 1. The van der Waals surface area contributed by atoms with Crippen LogP contribution in [-0.2, 0) is 4.84 Å². The first-order valence-electron chi connectivity index (χ1n) is 8.26. The molecule has 0 saturated heterocycles. The van der Waals surface area contributed by atoms with Crippen LogP contribution in [0, 0.1) is 21.0 Å². The Morgan fingerprint density at radius 1 is 1.17 bits per heavy atom. The maximum atomic E-state index is 14.7. The molecule has 29 heavy (non-hydrogen) atoms. The summed E-state index contributed by atoms with van der Waals surface area (Å²) in [6.07, 6.45) is 0.967. The summed E-state index contributed by atoms with van der Waals surface area (Å²) in [4.78, 5) is 20.8. The van der Waals surface area contributed by atoms with Crippen molar-refractivity contribution in [2.45, 2.75) is 0 Å². The molecule has 11 heteroatoms. The van der Waals surface area contributed by atoms with Gasteiger partial charge in [-0.3, -0.25) is 14.6 Å². The first kappa shape index (κ1) is 23.1. The third-order valence-corrected chi connectivity index (χ3v) is 4.16. The van der Waals surface area contributed by atoms with E-state index in [4.69, 9.17) is 15.1 Å². The van der Waals surface area contributed by atoms with Crippen molar-refractivity contribution in [2.75, 3.05) is 31.7 Å². The summed E-state index contributed by atoms with van der Waals surface area (Å²) < 4.78 is 43.9. The maximum Gasteiger partial charge on any atom is 0.277 e. The Bertz CT molecular complexity index is 912. The molecule has 0 unspecified atom stereocenters. The molecule has 0 atom stereocenters. The molecule has 2 aromatic carbocycles. The number of hydrogen-bond acceptors (Lipinski definition) is 6. The molecule has 0 bridgehead atoms. The molecular weight excluding hydrogens is 506 g/mol. The van der Waals surface area contributed by atoms with Crippen LogP contribution in [-0.4, -0.2) is 48.7 Å². The van der Waals surface area contributed by atoms with E-state index < -0.39 is 29.0 Å². The topological polar surface area (TPSA) is 103 Å². The second kappa shape index (κ2) is 11.1. The number of aliphatic hydroxyl groups excluding tert-OH is 2. The van der Waals surface area contributed by atoms with Crippen LogP contribution in [0.2, 0.25) is 0 Å². The van der Waals surface area contributed by atoms with E-state index in [0.29, 0.717) is 3.57 Å². The van der Waals surface area contributed by atoms with Gasteiger partial charge in [-0.05, 0) is 46.9 Å². The summed E-state index contributed by atoms with van der Waals surface area (Å²) in [5.41, 5.74) is 0.474. The van der Waals surface area contributed by atoms with Gasteiger partial charge >= 0.3 is 0 Å². The Morgan fingerprint density at radius 2 is 1.93 bits per heavy atom. The highest BCUT2D eigenvalue weighted by molar-refractivity contribution is 14.1. The number of anilines is 2. The largest absolute Gasteiger partial charge is 0.394 e. The first-order valence-corrected chi connectivity index (χ1v) is 9.34. The monoisotopic (exact) mass is 523 g/mol. The predicted octanol–water partition coefficient (Wildman–Crippen LogP) is 2.52. The number of hydroxylamine groups is 1. The van der Waals surface area contributed by atoms with E-state index in [1.807, 2.05) is 28.1 Å². The summed E-state index contributed by atoms with van der Waals surface area (Å²) in [7, 11) is 0. The average Bonchev–Trinajstić information content (AvgIpc) is 2.69. The zero-order chi connectivity index (χ0) is 21.4. The van der Waals surface area contributed by atoms with Crippen molar-refractivity contribution in [2.24, 2.45) is 4.99 Å². The summed E-state index contributed by atoms with van der Waals surface area (Å²) in [6.45, 7) is -0.949. The molecule has 0 aromatic heterocycles. The molecule has 0 aliphatic heterocycles. The number of aliphatic imine (C=N–C) groups is 1. The molecule has 0 fully saturated rings. The molecule has 1 amide bonds. The van der Waals surface area contributed by atoms with Crippen LogP contribution in [0.5, 0.6) is 0 Å². The number of hydrogen-bond donors (Lipinski definition) is 4. The molecule has 0 saturated carbocycles. The fraction of sp³-hybridized carbons (Fsp3) is 0.222. The highest BCUT2D eigenvalue weighted by Gasteiger charge is 2.23. The van der Waals surface area contributed by atoms with Gasteiger partial charge in [0.2, 0.25) is 0 Å². The lowest BCUT2D eigenvalue weighted by Gasteiger charge is -2.15. The molecule has 7 nitrogen and oxygen atoms in total. The van der Waals surface area contributed by atoms with E-state index in [2.05, 4.69) is 10.3 Å². The molecule has 4 N–H and O–H groups in total. The zero-order valence-corrected chi connectivity index (χ0v) is 17.0. The van der Waals surface area contributed by atoms with Crippen molar-refractivity contribution in [3.63, 3.8) is 0 Å². The normalized spacial score (nSPS) is 11.1. The number of halogens is 4. The number of benzene rings is 2. The van der Waals surface area contributed by atoms with Gasteiger partial charge in [0.25, 0.3) is 5.91 Å². The van der Waals surface area contributed by atoms with Crippen molar-refractivity contribution in [1.82, 2.24) is 5.48 Å². The third kappa shape index (κ3) is 6.13. The standard InChI is InChI=1S/C18H17F3IN3O4/c19-13-8-11(22)1-2-14(13)24-17-12(18(28)25-29-6-5-27)7-10(9-23-3-4-26)15(20)16(17)21/h1-2,7-9,24,26-27H,3-6H2,(H,25,28)/b23-9+. The van der Waals surface area contributed by atoms with Gasteiger partial charge in [0.05, 0.1) is 43.3 Å². The third-order valence-electron chi connectivity index (χ3n) is 3.49. The molecular formula is C18H17F3IN3O4. The van der Waals surface area contributed by atoms with E-state index >= 15 is 0 Å². The van der Waals surface area contributed by atoms with Gasteiger partial charge in [-0.2, -0.15) is 0 Å².